The molecule has 2 aliphatic rings. The fraction of sp³-hybridized carbons (Fsp3) is 0.706. The summed E-state index contributed by atoms with van der Waals surface area (Å²) in [7, 11) is 0. The van der Waals surface area contributed by atoms with Gasteiger partial charge in [0.15, 0.2) is 0 Å². The second kappa shape index (κ2) is 8.96. The third kappa shape index (κ3) is 5.27. The summed E-state index contributed by atoms with van der Waals surface area (Å²) in [6, 6.07) is 0.0816. The summed E-state index contributed by atoms with van der Waals surface area (Å²) in [6.45, 7) is 12.9. The SMILES string of the molecule is C=CCN1CCC(CNC(=O)N2CCN(CCn3cncn3)CC2)C1. The van der Waals surface area contributed by atoms with Gasteiger partial charge in [0, 0.05) is 52.4 Å². The van der Waals surface area contributed by atoms with Crippen LogP contribution >= 0.6 is 0 Å². The Balaban J connectivity index is 1.31. The van der Waals surface area contributed by atoms with Crippen LogP contribution in [0.25, 0.3) is 0 Å². The average molecular weight is 347 g/mol. The van der Waals surface area contributed by atoms with E-state index in [0.29, 0.717) is 5.92 Å². The molecule has 1 atom stereocenters. The molecule has 2 amide bonds. The van der Waals surface area contributed by atoms with Crippen molar-refractivity contribution in [2.45, 2.75) is 13.0 Å². The Kier molecular flexibility index (Phi) is 6.41. The van der Waals surface area contributed by atoms with Crippen molar-refractivity contribution in [3.63, 3.8) is 0 Å². The summed E-state index contributed by atoms with van der Waals surface area (Å²) in [5.41, 5.74) is 0. The molecule has 1 N–H and O–H groups in total. The number of urea groups is 1. The van der Waals surface area contributed by atoms with Crippen LogP contribution in [0.2, 0.25) is 0 Å². The molecule has 0 spiro atoms. The molecule has 1 aromatic rings. The summed E-state index contributed by atoms with van der Waals surface area (Å²) in [6.07, 6.45) is 6.40. The lowest BCUT2D eigenvalue weighted by atomic mass is 10.1. The van der Waals surface area contributed by atoms with Crippen LogP contribution in [0.3, 0.4) is 0 Å². The van der Waals surface area contributed by atoms with Crippen LogP contribution < -0.4 is 5.32 Å². The van der Waals surface area contributed by atoms with Crippen molar-refractivity contribution in [2.24, 2.45) is 5.92 Å². The molecule has 3 rings (SSSR count). The van der Waals surface area contributed by atoms with E-state index in [1.807, 2.05) is 15.7 Å². The van der Waals surface area contributed by atoms with Gasteiger partial charge in [0.05, 0.1) is 6.54 Å². The van der Waals surface area contributed by atoms with E-state index in [4.69, 9.17) is 0 Å². The molecule has 8 heteroatoms. The van der Waals surface area contributed by atoms with Crippen molar-refractivity contribution in [3.05, 3.63) is 25.3 Å². The van der Waals surface area contributed by atoms with E-state index in [1.165, 1.54) is 0 Å². The van der Waals surface area contributed by atoms with Crippen molar-refractivity contribution < 1.29 is 4.79 Å². The Morgan fingerprint density at radius 1 is 1.20 bits per heavy atom. The zero-order chi connectivity index (χ0) is 17.5. The van der Waals surface area contributed by atoms with Crippen molar-refractivity contribution in [3.8, 4) is 0 Å². The van der Waals surface area contributed by atoms with E-state index in [1.54, 1.807) is 12.7 Å². The van der Waals surface area contributed by atoms with Gasteiger partial charge >= 0.3 is 6.03 Å². The van der Waals surface area contributed by atoms with Gasteiger partial charge in [-0.25, -0.2) is 9.78 Å². The predicted octanol–water partition coefficient (Wildman–Crippen LogP) is 0.113. The summed E-state index contributed by atoms with van der Waals surface area (Å²) in [4.78, 5) is 23.0. The third-order valence-electron chi connectivity index (χ3n) is 5.07. The molecule has 0 aromatic carbocycles. The van der Waals surface area contributed by atoms with Crippen LogP contribution in [-0.4, -0.2) is 94.4 Å². The zero-order valence-corrected chi connectivity index (χ0v) is 14.9. The maximum absolute atomic E-state index is 12.4. The van der Waals surface area contributed by atoms with Gasteiger partial charge < -0.3 is 10.2 Å². The summed E-state index contributed by atoms with van der Waals surface area (Å²) in [5.74, 6) is 0.563. The van der Waals surface area contributed by atoms with E-state index in [0.717, 1.165) is 71.9 Å². The lowest BCUT2D eigenvalue weighted by Gasteiger charge is -2.34. The molecule has 8 nitrogen and oxygen atoms in total. The third-order valence-corrected chi connectivity index (χ3v) is 5.07. The number of likely N-dealkylation sites (tertiary alicyclic amines) is 1. The first-order valence-electron chi connectivity index (χ1n) is 9.15. The van der Waals surface area contributed by atoms with Crippen LogP contribution in [-0.2, 0) is 6.54 Å². The minimum atomic E-state index is 0.0816. The van der Waals surface area contributed by atoms with Gasteiger partial charge in [-0.1, -0.05) is 6.08 Å². The van der Waals surface area contributed by atoms with Crippen LogP contribution in [0.5, 0.6) is 0 Å². The Hall–Kier alpha value is -1.93. The van der Waals surface area contributed by atoms with Crippen molar-refractivity contribution >= 4 is 6.03 Å². The Morgan fingerprint density at radius 2 is 2.04 bits per heavy atom. The quantitative estimate of drug-likeness (QED) is 0.709. The van der Waals surface area contributed by atoms with Gasteiger partial charge in [-0.3, -0.25) is 14.5 Å². The molecule has 1 aromatic heterocycles. The number of aromatic nitrogens is 3. The van der Waals surface area contributed by atoms with Crippen molar-refractivity contribution in [2.75, 3.05) is 58.9 Å². The van der Waals surface area contributed by atoms with E-state index >= 15 is 0 Å². The second-order valence-electron chi connectivity index (χ2n) is 6.88. The Labute approximate surface area is 149 Å². The molecule has 138 valence electrons. The number of carbonyl (C=O) groups excluding carboxylic acids is 1. The molecular weight excluding hydrogens is 318 g/mol. The largest absolute Gasteiger partial charge is 0.338 e. The molecule has 0 saturated carbocycles. The first-order valence-corrected chi connectivity index (χ1v) is 9.15. The fourth-order valence-corrected chi connectivity index (χ4v) is 3.54. The van der Waals surface area contributed by atoms with Crippen molar-refractivity contribution in [1.82, 2.24) is 34.8 Å². The molecule has 1 unspecified atom stereocenters. The van der Waals surface area contributed by atoms with Gasteiger partial charge in [-0.2, -0.15) is 5.10 Å². The van der Waals surface area contributed by atoms with Gasteiger partial charge in [-0.05, 0) is 18.9 Å². The monoisotopic (exact) mass is 347 g/mol. The fourth-order valence-electron chi connectivity index (χ4n) is 3.54. The number of hydrogen-bond donors (Lipinski definition) is 1. The molecule has 0 bridgehead atoms. The highest BCUT2D eigenvalue weighted by atomic mass is 16.2. The minimum absolute atomic E-state index is 0.0816. The van der Waals surface area contributed by atoms with Gasteiger partial charge in [-0.15, -0.1) is 6.58 Å². The Morgan fingerprint density at radius 3 is 2.76 bits per heavy atom. The van der Waals surface area contributed by atoms with Gasteiger partial charge in [0.1, 0.15) is 12.7 Å². The number of hydrogen-bond acceptors (Lipinski definition) is 5. The maximum Gasteiger partial charge on any atom is 0.317 e. The number of nitrogens with one attached hydrogen (secondary N) is 1. The zero-order valence-electron chi connectivity index (χ0n) is 14.9. The van der Waals surface area contributed by atoms with Gasteiger partial charge in [0.2, 0.25) is 0 Å². The first kappa shape index (κ1) is 17.9. The highest BCUT2D eigenvalue weighted by Crippen LogP contribution is 2.15. The summed E-state index contributed by atoms with van der Waals surface area (Å²) >= 11 is 0. The summed E-state index contributed by atoms with van der Waals surface area (Å²) in [5, 5.41) is 7.24. The first-order chi connectivity index (χ1) is 12.2. The van der Waals surface area contributed by atoms with E-state index in [-0.39, 0.29) is 6.03 Å². The normalized spacial score (nSPS) is 22.2. The van der Waals surface area contributed by atoms with Crippen molar-refractivity contribution in [1.29, 1.82) is 0 Å². The van der Waals surface area contributed by atoms with E-state index in [2.05, 4.69) is 31.8 Å². The summed E-state index contributed by atoms with van der Waals surface area (Å²) < 4.78 is 1.84. The topological polar surface area (TPSA) is 69.5 Å². The standard InChI is InChI=1S/C17H29N7O/c1-2-4-22-5-3-16(13-22)12-19-17(25)23-9-6-21(7-10-23)8-11-24-15-18-14-20-24/h2,14-16H,1,3-13H2,(H,19,25). The van der Waals surface area contributed by atoms with E-state index < -0.39 is 0 Å². The number of amides is 2. The molecule has 0 radical (unpaired) electrons. The lowest BCUT2D eigenvalue weighted by Crippen LogP contribution is -2.52. The molecule has 2 saturated heterocycles. The number of nitrogens with zero attached hydrogens (tertiary/aromatic N) is 6. The molecular formula is C17H29N7O. The average Bonchev–Trinajstić information content (AvgIpc) is 3.30. The lowest BCUT2D eigenvalue weighted by molar-refractivity contribution is 0.135. The van der Waals surface area contributed by atoms with E-state index in [9.17, 15) is 4.79 Å². The number of carbonyl (C=O) groups is 1. The Bertz CT molecular complexity index is 539. The molecule has 2 fully saturated rings. The number of rotatable bonds is 7. The molecule has 0 aliphatic carbocycles. The maximum atomic E-state index is 12.4. The number of piperazine rings is 1. The van der Waals surface area contributed by atoms with Crippen LogP contribution in [0.15, 0.2) is 25.3 Å². The smallest absolute Gasteiger partial charge is 0.317 e. The molecule has 25 heavy (non-hydrogen) atoms. The van der Waals surface area contributed by atoms with Crippen LogP contribution in [0, 0.1) is 5.92 Å². The van der Waals surface area contributed by atoms with Gasteiger partial charge in [0.25, 0.3) is 0 Å². The predicted molar refractivity (Wildman–Crippen MR) is 96.2 cm³/mol. The van der Waals surface area contributed by atoms with Crippen LogP contribution in [0.4, 0.5) is 4.79 Å². The minimum Gasteiger partial charge on any atom is -0.338 e. The van der Waals surface area contributed by atoms with Crippen LogP contribution in [0.1, 0.15) is 6.42 Å². The molecule has 3 heterocycles. The highest BCUT2D eigenvalue weighted by molar-refractivity contribution is 5.74. The second-order valence-corrected chi connectivity index (χ2v) is 6.88. The molecule has 2 aliphatic heterocycles. The highest BCUT2D eigenvalue weighted by Gasteiger charge is 2.24.